The van der Waals surface area contributed by atoms with Crippen molar-refractivity contribution in [2.24, 2.45) is 0 Å². The molecule has 0 amide bonds. The predicted octanol–water partition coefficient (Wildman–Crippen LogP) is 2.20. The standard InChI is InChI=1S/C16H16N4O2S/c21-23(22,16-17-13-18-19-16)20(11-14-7-3-1-4-8-14)12-15-9-5-2-6-10-15/h1-10,13H,11-12H2,(H,17,18,19). The van der Waals surface area contributed by atoms with Crippen LogP contribution < -0.4 is 0 Å². The summed E-state index contributed by atoms with van der Waals surface area (Å²) in [5, 5.41) is 5.93. The number of hydrogen-bond acceptors (Lipinski definition) is 4. The number of nitrogens with zero attached hydrogens (tertiary/aromatic N) is 3. The van der Waals surface area contributed by atoms with E-state index in [9.17, 15) is 8.42 Å². The van der Waals surface area contributed by atoms with Gasteiger partial charge in [-0.2, -0.15) is 9.40 Å². The first-order valence-electron chi connectivity index (χ1n) is 7.09. The lowest BCUT2D eigenvalue weighted by molar-refractivity contribution is 0.397. The molecule has 0 saturated heterocycles. The van der Waals surface area contributed by atoms with Crippen LogP contribution in [0.25, 0.3) is 0 Å². The van der Waals surface area contributed by atoms with E-state index in [4.69, 9.17) is 0 Å². The zero-order chi connectivity index (χ0) is 16.1. The second kappa shape index (κ2) is 6.72. The van der Waals surface area contributed by atoms with Crippen LogP contribution in [0.5, 0.6) is 0 Å². The summed E-state index contributed by atoms with van der Waals surface area (Å²) in [6, 6.07) is 18.9. The summed E-state index contributed by atoms with van der Waals surface area (Å²) in [4.78, 5) is 3.80. The van der Waals surface area contributed by atoms with Crippen LogP contribution in [0.4, 0.5) is 0 Å². The zero-order valence-electron chi connectivity index (χ0n) is 12.3. The fourth-order valence-electron chi connectivity index (χ4n) is 2.24. The molecule has 1 N–H and O–H groups in total. The quantitative estimate of drug-likeness (QED) is 0.752. The van der Waals surface area contributed by atoms with E-state index < -0.39 is 10.0 Å². The van der Waals surface area contributed by atoms with E-state index in [0.717, 1.165) is 11.1 Å². The third kappa shape index (κ3) is 3.64. The van der Waals surface area contributed by atoms with E-state index in [2.05, 4.69) is 15.2 Å². The first kappa shape index (κ1) is 15.4. The van der Waals surface area contributed by atoms with Crippen molar-refractivity contribution >= 4 is 10.0 Å². The third-order valence-corrected chi connectivity index (χ3v) is 5.00. The average Bonchev–Trinajstić information content (AvgIpc) is 3.11. The minimum atomic E-state index is -3.75. The molecular weight excluding hydrogens is 312 g/mol. The molecule has 0 aliphatic rings. The van der Waals surface area contributed by atoms with Crippen LogP contribution >= 0.6 is 0 Å². The molecule has 7 heteroatoms. The third-order valence-electron chi connectivity index (χ3n) is 3.38. The number of aromatic nitrogens is 3. The van der Waals surface area contributed by atoms with Gasteiger partial charge >= 0.3 is 0 Å². The van der Waals surface area contributed by atoms with Crippen molar-refractivity contribution in [2.75, 3.05) is 0 Å². The Morgan fingerprint density at radius 1 is 0.870 bits per heavy atom. The van der Waals surface area contributed by atoms with Gasteiger partial charge in [0.1, 0.15) is 6.33 Å². The minimum Gasteiger partial charge on any atom is -0.249 e. The van der Waals surface area contributed by atoms with Gasteiger partial charge in [-0.25, -0.2) is 18.5 Å². The van der Waals surface area contributed by atoms with Gasteiger partial charge < -0.3 is 0 Å². The Labute approximate surface area is 134 Å². The van der Waals surface area contributed by atoms with Crippen LogP contribution in [0.2, 0.25) is 0 Å². The van der Waals surface area contributed by atoms with Crippen molar-refractivity contribution in [2.45, 2.75) is 18.2 Å². The summed E-state index contributed by atoms with van der Waals surface area (Å²) in [5.74, 6) is 0. The van der Waals surface area contributed by atoms with Gasteiger partial charge in [-0.15, -0.1) is 0 Å². The second-order valence-electron chi connectivity index (χ2n) is 5.03. The molecule has 0 saturated carbocycles. The van der Waals surface area contributed by atoms with E-state index in [0.29, 0.717) is 0 Å². The van der Waals surface area contributed by atoms with Crippen LogP contribution in [-0.4, -0.2) is 27.9 Å². The maximum atomic E-state index is 12.8. The molecule has 1 aromatic heterocycles. The molecule has 0 radical (unpaired) electrons. The Kier molecular flexibility index (Phi) is 4.50. The van der Waals surface area contributed by atoms with Crippen molar-refractivity contribution in [3.05, 3.63) is 78.1 Å². The van der Waals surface area contributed by atoms with Crippen LogP contribution in [-0.2, 0) is 23.1 Å². The number of hydrogen-bond donors (Lipinski definition) is 1. The SMILES string of the molecule is O=S(=O)(c1ncn[nH]1)N(Cc1ccccc1)Cc1ccccc1. The van der Waals surface area contributed by atoms with Crippen molar-refractivity contribution in [3.63, 3.8) is 0 Å². The first-order chi connectivity index (χ1) is 11.2. The zero-order valence-corrected chi connectivity index (χ0v) is 13.1. The Morgan fingerprint density at radius 3 is 1.83 bits per heavy atom. The van der Waals surface area contributed by atoms with Crippen molar-refractivity contribution in [3.8, 4) is 0 Å². The van der Waals surface area contributed by atoms with Crippen molar-refractivity contribution < 1.29 is 8.42 Å². The molecule has 0 unspecified atom stereocenters. The van der Waals surface area contributed by atoms with Gasteiger partial charge in [-0.1, -0.05) is 60.7 Å². The molecule has 0 aliphatic heterocycles. The van der Waals surface area contributed by atoms with Gasteiger partial charge in [-0.05, 0) is 11.1 Å². The van der Waals surface area contributed by atoms with E-state index in [1.54, 1.807) is 0 Å². The van der Waals surface area contributed by atoms with Gasteiger partial charge in [-0.3, -0.25) is 0 Å². The number of rotatable bonds is 6. The Bertz CT molecular complexity index is 793. The smallest absolute Gasteiger partial charge is 0.249 e. The van der Waals surface area contributed by atoms with E-state index in [-0.39, 0.29) is 18.2 Å². The largest absolute Gasteiger partial charge is 0.278 e. The Hall–Kier alpha value is -2.51. The number of nitrogens with one attached hydrogen (secondary N) is 1. The lowest BCUT2D eigenvalue weighted by atomic mass is 10.2. The topological polar surface area (TPSA) is 79.0 Å². The van der Waals surface area contributed by atoms with Crippen molar-refractivity contribution in [1.29, 1.82) is 0 Å². The monoisotopic (exact) mass is 328 g/mol. The van der Waals surface area contributed by atoms with E-state index in [1.807, 2.05) is 60.7 Å². The van der Waals surface area contributed by atoms with Gasteiger partial charge in [0.05, 0.1) is 0 Å². The fraction of sp³-hybridized carbons (Fsp3) is 0.125. The summed E-state index contributed by atoms with van der Waals surface area (Å²) in [7, 11) is -3.75. The normalized spacial score (nSPS) is 11.7. The summed E-state index contributed by atoms with van der Waals surface area (Å²) in [5.41, 5.74) is 1.82. The molecule has 0 bridgehead atoms. The van der Waals surface area contributed by atoms with Crippen LogP contribution in [0.1, 0.15) is 11.1 Å². The molecule has 2 aromatic carbocycles. The van der Waals surface area contributed by atoms with Gasteiger partial charge in [0.2, 0.25) is 0 Å². The highest BCUT2D eigenvalue weighted by atomic mass is 32.2. The maximum Gasteiger partial charge on any atom is 0.278 e. The molecule has 0 aliphatic carbocycles. The molecular formula is C16H16N4O2S. The fourth-order valence-corrected chi connectivity index (χ4v) is 3.47. The second-order valence-corrected chi connectivity index (χ2v) is 6.89. The van der Waals surface area contributed by atoms with E-state index >= 15 is 0 Å². The van der Waals surface area contributed by atoms with Crippen LogP contribution in [0.3, 0.4) is 0 Å². The van der Waals surface area contributed by atoms with Gasteiger partial charge in [0, 0.05) is 13.1 Å². The summed E-state index contributed by atoms with van der Waals surface area (Å²) >= 11 is 0. The van der Waals surface area contributed by atoms with E-state index in [1.165, 1.54) is 10.6 Å². The van der Waals surface area contributed by atoms with Crippen LogP contribution in [0.15, 0.2) is 72.1 Å². The summed E-state index contributed by atoms with van der Waals surface area (Å²) < 4.78 is 27.0. The predicted molar refractivity (Wildman–Crippen MR) is 85.7 cm³/mol. The molecule has 3 rings (SSSR count). The van der Waals surface area contributed by atoms with Crippen molar-refractivity contribution in [1.82, 2.24) is 19.5 Å². The van der Waals surface area contributed by atoms with Gasteiger partial charge in [0.25, 0.3) is 15.2 Å². The number of sulfonamides is 1. The lowest BCUT2D eigenvalue weighted by Crippen LogP contribution is -2.31. The molecule has 0 fully saturated rings. The molecule has 3 aromatic rings. The minimum absolute atomic E-state index is 0.149. The summed E-state index contributed by atoms with van der Waals surface area (Å²) in [6.07, 6.45) is 1.19. The lowest BCUT2D eigenvalue weighted by Gasteiger charge is -2.21. The Morgan fingerprint density at radius 2 is 1.39 bits per heavy atom. The van der Waals surface area contributed by atoms with Gasteiger partial charge in [0.15, 0.2) is 0 Å². The maximum absolute atomic E-state index is 12.8. The molecule has 0 spiro atoms. The molecule has 6 nitrogen and oxygen atoms in total. The first-order valence-corrected chi connectivity index (χ1v) is 8.53. The number of aromatic amines is 1. The number of H-pyrrole nitrogens is 1. The highest BCUT2D eigenvalue weighted by Crippen LogP contribution is 2.18. The highest BCUT2D eigenvalue weighted by molar-refractivity contribution is 7.88. The number of benzene rings is 2. The molecule has 1 heterocycles. The highest BCUT2D eigenvalue weighted by Gasteiger charge is 2.27. The summed E-state index contributed by atoms with van der Waals surface area (Å²) in [6.45, 7) is 0.525. The Balaban J connectivity index is 1.93. The molecule has 118 valence electrons. The molecule has 23 heavy (non-hydrogen) atoms. The average molecular weight is 328 g/mol. The van der Waals surface area contributed by atoms with Crippen LogP contribution in [0, 0.1) is 0 Å². The molecule has 0 atom stereocenters.